The van der Waals surface area contributed by atoms with E-state index in [2.05, 4.69) is 48.5 Å². The van der Waals surface area contributed by atoms with Crippen molar-refractivity contribution in [3.8, 4) is 0 Å². The summed E-state index contributed by atoms with van der Waals surface area (Å²) in [6, 6.07) is 9.63. The number of rotatable bonds is 8. The van der Waals surface area contributed by atoms with Crippen LogP contribution in [0.2, 0.25) is 0 Å². The first-order chi connectivity index (χ1) is 10.3. The molecule has 0 amide bonds. The van der Waals surface area contributed by atoms with Crippen LogP contribution in [0.15, 0.2) is 24.3 Å². The Hall–Kier alpha value is -0.860. The van der Waals surface area contributed by atoms with Gasteiger partial charge in [-0.25, -0.2) is 0 Å². The summed E-state index contributed by atoms with van der Waals surface area (Å²) in [6.07, 6.45) is 9.51. The summed E-state index contributed by atoms with van der Waals surface area (Å²) in [5.41, 5.74) is 2.94. The van der Waals surface area contributed by atoms with Gasteiger partial charge in [0.25, 0.3) is 0 Å². The molecule has 0 atom stereocenters. The van der Waals surface area contributed by atoms with Gasteiger partial charge in [0.05, 0.1) is 0 Å². The molecule has 2 rings (SSSR count). The van der Waals surface area contributed by atoms with Crippen molar-refractivity contribution in [1.82, 2.24) is 10.2 Å². The monoisotopic (exact) mass is 288 g/mol. The number of nitrogens with zero attached hydrogens (tertiary/aromatic N) is 1. The van der Waals surface area contributed by atoms with Crippen LogP contribution in [-0.4, -0.2) is 31.1 Å². The van der Waals surface area contributed by atoms with Crippen molar-refractivity contribution in [2.75, 3.05) is 20.1 Å². The molecule has 0 heterocycles. The molecule has 1 aliphatic carbocycles. The van der Waals surface area contributed by atoms with Crippen molar-refractivity contribution in [3.05, 3.63) is 35.4 Å². The Balaban J connectivity index is 1.61. The van der Waals surface area contributed by atoms with Crippen LogP contribution < -0.4 is 5.32 Å². The van der Waals surface area contributed by atoms with Gasteiger partial charge in [0.1, 0.15) is 0 Å². The van der Waals surface area contributed by atoms with Crippen molar-refractivity contribution in [2.45, 2.75) is 64.5 Å². The molecule has 1 aromatic carbocycles. The van der Waals surface area contributed by atoms with Gasteiger partial charge in [-0.1, -0.05) is 50.5 Å². The van der Waals surface area contributed by atoms with Crippen LogP contribution >= 0.6 is 0 Å². The van der Waals surface area contributed by atoms with Gasteiger partial charge >= 0.3 is 0 Å². The summed E-state index contributed by atoms with van der Waals surface area (Å²) in [5.74, 6) is 0. The van der Waals surface area contributed by atoms with Crippen molar-refractivity contribution in [2.24, 2.45) is 0 Å². The van der Waals surface area contributed by atoms with E-state index in [0.29, 0.717) is 0 Å². The number of hydrogen-bond donors (Lipinski definition) is 1. The topological polar surface area (TPSA) is 15.3 Å². The highest BCUT2D eigenvalue weighted by molar-refractivity contribution is 5.26. The lowest BCUT2D eigenvalue weighted by atomic mass is 9.94. The molecule has 0 aromatic heterocycles. The molecule has 2 heteroatoms. The van der Waals surface area contributed by atoms with Crippen LogP contribution in [0.1, 0.15) is 56.6 Å². The molecule has 0 unspecified atom stereocenters. The molecule has 1 fully saturated rings. The number of benzene rings is 1. The average molecular weight is 288 g/mol. The normalized spacial score (nSPS) is 16.5. The standard InChI is InChI=1S/C19H32N2/c1-3-17-10-7-8-11-18(17)16-20-14-9-15-21(2)19-12-5-4-6-13-19/h7-8,10-11,19-20H,3-6,9,12-16H2,1-2H3. The van der Waals surface area contributed by atoms with Crippen molar-refractivity contribution >= 4 is 0 Å². The Morgan fingerprint density at radius 2 is 1.81 bits per heavy atom. The zero-order chi connectivity index (χ0) is 14.9. The molecule has 0 spiro atoms. The Bertz CT molecular complexity index is 396. The zero-order valence-electron chi connectivity index (χ0n) is 13.9. The van der Waals surface area contributed by atoms with Gasteiger partial charge in [-0.2, -0.15) is 0 Å². The molecule has 0 saturated heterocycles. The molecular weight excluding hydrogens is 256 g/mol. The maximum absolute atomic E-state index is 3.61. The lowest BCUT2D eigenvalue weighted by Crippen LogP contribution is -2.35. The van der Waals surface area contributed by atoms with Crippen molar-refractivity contribution in [1.29, 1.82) is 0 Å². The first kappa shape index (κ1) is 16.5. The maximum atomic E-state index is 3.61. The number of hydrogen-bond acceptors (Lipinski definition) is 2. The largest absolute Gasteiger partial charge is 0.313 e. The van der Waals surface area contributed by atoms with E-state index in [4.69, 9.17) is 0 Å². The van der Waals surface area contributed by atoms with E-state index in [9.17, 15) is 0 Å². The Kier molecular flexibility index (Phi) is 7.25. The fourth-order valence-corrected chi connectivity index (χ4v) is 3.46. The second-order valence-corrected chi connectivity index (χ2v) is 6.43. The molecule has 1 aliphatic rings. The summed E-state index contributed by atoms with van der Waals surface area (Å²) >= 11 is 0. The second kappa shape index (κ2) is 9.22. The predicted molar refractivity (Wildman–Crippen MR) is 91.6 cm³/mol. The molecule has 0 radical (unpaired) electrons. The SMILES string of the molecule is CCc1ccccc1CNCCCN(C)C1CCCCC1. The Labute approximate surface area is 130 Å². The summed E-state index contributed by atoms with van der Waals surface area (Å²) in [4.78, 5) is 2.58. The highest BCUT2D eigenvalue weighted by atomic mass is 15.1. The van der Waals surface area contributed by atoms with Gasteiger partial charge in [-0.15, -0.1) is 0 Å². The Morgan fingerprint density at radius 1 is 1.10 bits per heavy atom. The quantitative estimate of drug-likeness (QED) is 0.728. The van der Waals surface area contributed by atoms with E-state index in [1.807, 2.05) is 0 Å². The highest BCUT2D eigenvalue weighted by Crippen LogP contribution is 2.21. The molecule has 1 saturated carbocycles. The number of aryl methyl sites for hydroxylation is 1. The minimum absolute atomic E-state index is 0.847. The van der Waals surface area contributed by atoms with E-state index < -0.39 is 0 Å². The van der Waals surface area contributed by atoms with Crippen LogP contribution in [0.25, 0.3) is 0 Å². The van der Waals surface area contributed by atoms with E-state index in [1.54, 1.807) is 0 Å². The molecule has 118 valence electrons. The third-order valence-electron chi connectivity index (χ3n) is 4.88. The number of nitrogens with one attached hydrogen (secondary N) is 1. The third-order valence-corrected chi connectivity index (χ3v) is 4.88. The van der Waals surface area contributed by atoms with Crippen LogP contribution in [0.5, 0.6) is 0 Å². The van der Waals surface area contributed by atoms with Gasteiger partial charge in [0, 0.05) is 12.6 Å². The lowest BCUT2D eigenvalue weighted by Gasteiger charge is -2.31. The minimum Gasteiger partial charge on any atom is -0.313 e. The fourth-order valence-electron chi connectivity index (χ4n) is 3.46. The van der Waals surface area contributed by atoms with E-state index in [1.165, 1.54) is 56.2 Å². The van der Waals surface area contributed by atoms with Gasteiger partial charge < -0.3 is 10.2 Å². The summed E-state index contributed by atoms with van der Waals surface area (Å²) in [6.45, 7) is 5.59. The molecule has 2 nitrogen and oxygen atoms in total. The van der Waals surface area contributed by atoms with Gasteiger partial charge in [-0.3, -0.25) is 0 Å². The molecule has 21 heavy (non-hydrogen) atoms. The average Bonchev–Trinajstić information content (AvgIpc) is 2.55. The van der Waals surface area contributed by atoms with Crippen molar-refractivity contribution in [3.63, 3.8) is 0 Å². The van der Waals surface area contributed by atoms with E-state index in [-0.39, 0.29) is 0 Å². The van der Waals surface area contributed by atoms with Gasteiger partial charge in [0.2, 0.25) is 0 Å². The summed E-state index contributed by atoms with van der Waals surface area (Å²) in [7, 11) is 2.31. The van der Waals surface area contributed by atoms with E-state index >= 15 is 0 Å². The highest BCUT2D eigenvalue weighted by Gasteiger charge is 2.17. The third kappa shape index (κ3) is 5.44. The van der Waals surface area contributed by atoms with Crippen LogP contribution in [-0.2, 0) is 13.0 Å². The maximum Gasteiger partial charge on any atom is 0.0208 e. The molecule has 1 aromatic rings. The van der Waals surface area contributed by atoms with Crippen LogP contribution in [0, 0.1) is 0 Å². The first-order valence-corrected chi connectivity index (χ1v) is 8.79. The second-order valence-electron chi connectivity index (χ2n) is 6.43. The smallest absolute Gasteiger partial charge is 0.0208 e. The first-order valence-electron chi connectivity index (χ1n) is 8.79. The van der Waals surface area contributed by atoms with Crippen molar-refractivity contribution < 1.29 is 0 Å². The molecule has 0 aliphatic heterocycles. The molecular formula is C19H32N2. The molecule has 1 N–H and O–H groups in total. The van der Waals surface area contributed by atoms with Gasteiger partial charge in [-0.05, 0) is 56.9 Å². The summed E-state index contributed by atoms with van der Waals surface area (Å²) in [5, 5.41) is 3.61. The fraction of sp³-hybridized carbons (Fsp3) is 0.684. The van der Waals surface area contributed by atoms with Crippen LogP contribution in [0.3, 0.4) is 0 Å². The van der Waals surface area contributed by atoms with Gasteiger partial charge in [0.15, 0.2) is 0 Å². The zero-order valence-corrected chi connectivity index (χ0v) is 13.9. The summed E-state index contributed by atoms with van der Waals surface area (Å²) < 4.78 is 0. The predicted octanol–water partition coefficient (Wildman–Crippen LogP) is 3.99. The Morgan fingerprint density at radius 3 is 2.52 bits per heavy atom. The minimum atomic E-state index is 0.847. The van der Waals surface area contributed by atoms with E-state index in [0.717, 1.165) is 25.6 Å². The van der Waals surface area contributed by atoms with Crippen LogP contribution in [0.4, 0.5) is 0 Å². The lowest BCUT2D eigenvalue weighted by molar-refractivity contribution is 0.189. The molecule has 0 bridgehead atoms.